The normalized spacial score (nSPS) is 11.2. The minimum Gasteiger partial charge on any atom is -0.357 e. The average molecular weight is 430 g/mol. The van der Waals surface area contributed by atoms with E-state index in [4.69, 9.17) is 0 Å². The Bertz CT molecular complexity index is 628. The van der Waals surface area contributed by atoms with Gasteiger partial charge in [0.05, 0.1) is 5.69 Å². The first-order valence-corrected chi connectivity index (χ1v) is 7.65. The van der Waals surface area contributed by atoms with Gasteiger partial charge in [-0.05, 0) is 38.0 Å². The first kappa shape index (κ1) is 19.5. The summed E-state index contributed by atoms with van der Waals surface area (Å²) in [5.74, 6) is 0.831. The Hall–Kier alpha value is -1.51. The maximum Gasteiger partial charge on any atom is 0.191 e. The molecule has 0 aliphatic carbocycles. The van der Waals surface area contributed by atoms with Crippen molar-refractivity contribution < 1.29 is 0 Å². The summed E-state index contributed by atoms with van der Waals surface area (Å²) in [7, 11) is 3.82. The molecule has 0 spiro atoms. The van der Waals surface area contributed by atoms with Gasteiger partial charge in [0.25, 0.3) is 0 Å². The van der Waals surface area contributed by atoms with Crippen molar-refractivity contribution in [1.29, 1.82) is 0 Å². The fourth-order valence-corrected chi connectivity index (χ4v) is 2.41. The van der Waals surface area contributed by atoms with Gasteiger partial charge < -0.3 is 15.2 Å². The van der Waals surface area contributed by atoms with Gasteiger partial charge in [-0.1, -0.05) is 0 Å². The van der Waals surface area contributed by atoms with Crippen LogP contribution in [0.4, 0.5) is 0 Å². The zero-order chi connectivity index (χ0) is 15.9. The number of nitrogens with one attached hydrogen (secondary N) is 2. The van der Waals surface area contributed by atoms with E-state index in [0.29, 0.717) is 0 Å². The number of nitrogens with zero attached hydrogens (tertiary/aromatic N) is 4. The molecule has 0 amide bonds. The van der Waals surface area contributed by atoms with E-state index in [-0.39, 0.29) is 24.0 Å². The summed E-state index contributed by atoms with van der Waals surface area (Å²) in [4.78, 5) is 4.24. The van der Waals surface area contributed by atoms with E-state index in [0.717, 1.165) is 37.7 Å². The molecule has 0 fully saturated rings. The van der Waals surface area contributed by atoms with Crippen molar-refractivity contribution in [2.45, 2.75) is 33.4 Å². The van der Waals surface area contributed by atoms with Crippen LogP contribution in [0.5, 0.6) is 0 Å². The molecule has 0 bridgehead atoms. The second-order valence-corrected chi connectivity index (χ2v) is 5.54. The van der Waals surface area contributed by atoms with Gasteiger partial charge in [-0.2, -0.15) is 5.10 Å². The van der Waals surface area contributed by atoms with Crippen LogP contribution in [0.25, 0.3) is 0 Å². The molecule has 128 valence electrons. The Labute approximate surface area is 155 Å². The molecule has 0 aromatic carbocycles. The SMILES string of the molecule is CN=C(NCCCn1nc(C)cc1C)NCc1ccn(C)c1.I. The maximum atomic E-state index is 4.47. The van der Waals surface area contributed by atoms with E-state index < -0.39 is 0 Å². The standard InChI is InChI=1S/C16H26N6.HI/c1-13-10-14(2)22(20-13)8-5-7-18-16(17-3)19-11-15-6-9-21(4)12-15;/h6,9-10,12H,5,7-8,11H2,1-4H3,(H2,17,18,19);1H. The largest absolute Gasteiger partial charge is 0.357 e. The number of hydrogen-bond donors (Lipinski definition) is 2. The molecule has 2 N–H and O–H groups in total. The highest BCUT2D eigenvalue weighted by Gasteiger charge is 2.02. The van der Waals surface area contributed by atoms with Crippen molar-refractivity contribution >= 4 is 29.9 Å². The van der Waals surface area contributed by atoms with Gasteiger partial charge in [0.1, 0.15) is 0 Å². The highest BCUT2D eigenvalue weighted by atomic mass is 127. The predicted octanol–water partition coefficient (Wildman–Crippen LogP) is 2.21. The quantitative estimate of drug-likeness (QED) is 0.320. The van der Waals surface area contributed by atoms with Crippen LogP contribution in [0.3, 0.4) is 0 Å². The molecule has 0 aliphatic rings. The third-order valence-corrected chi connectivity index (χ3v) is 3.52. The van der Waals surface area contributed by atoms with E-state index in [1.165, 1.54) is 11.3 Å². The van der Waals surface area contributed by atoms with Gasteiger partial charge >= 0.3 is 0 Å². The first-order valence-electron chi connectivity index (χ1n) is 7.65. The van der Waals surface area contributed by atoms with Gasteiger partial charge in [-0.15, -0.1) is 24.0 Å². The highest BCUT2D eigenvalue weighted by molar-refractivity contribution is 14.0. The van der Waals surface area contributed by atoms with Gasteiger partial charge in [0, 0.05) is 51.8 Å². The fourth-order valence-electron chi connectivity index (χ4n) is 2.41. The summed E-state index contributed by atoms with van der Waals surface area (Å²) >= 11 is 0. The van der Waals surface area contributed by atoms with E-state index >= 15 is 0 Å². The first-order chi connectivity index (χ1) is 10.6. The Kier molecular flexibility index (Phi) is 8.15. The summed E-state index contributed by atoms with van der Waals surface area (Å²) < 4.78 is 4.10. The number of halogens is 1. The molecule has 0 unspecified atom stereocenters. The monoisotopic (exact) mass is 430 g/mol. The van der Waals surface area contributed by atoms with Gasteiger partial charge in [0.15, 0.2) is 5.96 Å². The molecule has 2 heterocycles. The molecule has 2 aromatic rings. The number of rotatable bonds is 6. The Morgan fingerprint density at radius 3 is 2.65 bits per heavy atom. The predicted molar refractivity (Wildman–Crippen MR) is 105 cm³/mol. The highest BCUT2D eigenvalue weighted by Crippen LogP contribution is 2.02. The number of aromatic nitrogens is 3. The molecular formula is C16H27IN6. The molecule has 2 aromatic heterocycles. The maximum absolute atomic E-state index is 4.47. The van der Waals surface area contributed by atoms with Gasteiger partial charge in [-0.3, -0.25) is 9.67 Å². The Balaban J connectivity index is 0.00000264. The molecule has 0 radical (unpaired) electrons. The summed E-state index contributed by atoms with van der Waals surface area (Å²) in [6.07, 6.45) is 5.15. The average Bonchev–Trinajstić information content (AvgIpc) is 3.03. The Morgan fingerprint density at radius 1 is 1.30 bits per heavy atom. The van der Waals surface area contributed by atoms with Crippen LogP contribution in [0.15, 0.2) is 29.5 Å². The second kappa shape index (κ2) is 9.59. The Morgan fingerprint density at radius 2 is 2.09 bits per heavy atom. The smallest absolute Gasteiger partial charge is 0.191 e. The number of aryl methyl sites for hydroxylation is 4. The van der Waals surface area contributed by atoms with Gasteiger partial charge in [0.2, 0.25) is 0 Å². The number of hydrogen-bond acceptors (Lipinski definition) is 2. The topological polar surface area (TPSA) is 59.2 Å². The van der Waals surface area contributed by atoms with Crippen molar-refractivity contribution in [2.75, 3.05) is 13.6 Å². The molecule has 0 saturated heterocycles. The van der Waals surface area contributed by atoms with Crippen molar-refractivity contribution in [3.63, 3.8) is 0 Å². The van der Waals surface area contributed by atoms with Crippen molar-refractivity contribution in [3.8, 4) is 0 Å². The van der Waals surface area contributed by atoms with Crippen molar-refractivity contribution in [3.05, 3.63) is 41.5 Å². The lowest BCUT2D eigenvalue weighted by Gasteiger charge is -2.11. The van der Waals surface area contributed by atoms with Crippen LogP contribution in [0.2, 0.25) is 0 Å². The van der Waals surface area contributed by atoms with Crippen LogP contribution in [0, 0.1) is 13.8 Å². The van der Waals surface area contributed by atoms with E-state index in [9.17, 15) is 0 Å². The van der Waals surface area contributed by atoms with Crippen molar-refractivity contribution in [1.82, 2.24) is 25.0 Å². The number of guanidine groups is 1. The molecule has 0 aliphatic heterocycles. The molecule has 23 heavy (non-hydrogen) atoms. The molecule has 7 heteroatoms. The summed E-state index contributed by atoms with van der Waals surface area (Å²) in [5, 5.41) is 11.1. The molecule has 2 rings (SSSR count). The van der Waals surface area contributed by atoms with Crippen LogP contribution >= 0.6 is 24.0 Å². The lowest BCUT2D eigenvalue weighted by Crippen LogP contribution is -2.37. The minimum atomic E-state index is 0. The minimum absolute atomic E-state index is 0. The summed E-state index contributed by atoms with van der Waals surface area (Å²) in [6.45, 7) is 6.68. The van der Waals surface area contributed by atoms with E-state index in [1.807, 2.05) is 24.7 Å². The second-order valence-electron chi connectivity index (χ2n) is 5.54. The molecule has 0 atom stereocenters. The van der Waals surface area contributed by atoms with E-state index in [1.54, 1.807) is 7.05 Å². The van der Waals surface area contributed by atoms with Crippen LogP contribution < -0.4 is 10.6 Å². The lowest BCUT2D eigenvalue weighted by atomic mass is 10.3. The summed E-state index contributed by atoms with van der Waals surface area (Å²) in [5.41, 5.74) is 3.53. The fraction of sp³-hybridized carbons (Fsp3) is 0.500. The third-order valence-electron chi connectivity index (χ3n) is 3.52. The zero-order valence-electron chi connectivity index (χ0n) is 14.3. The summed E-state index contributed by atoms with van der Waals surface area (Å²) in [6, 6.07) is 4.21. The van der Waals surface area contributed by atoms with E-state index in [2.05, 4.69) is 50.7 Å². The molecular weight excluding hydrogens is 403 g/mol. The van der Waals surface area contributed by atoms with Crippen LogP contribution in [-0.2, 0) is 20.1 Å². The van der Waals surface area contributed by atoms with Gasteiger partial charge in [-0.25, -0.2) is 0 Å². The molecule has 0 saturated carbocycles. The third kappa shape index (κ3) is 6.25. The van der Waals surface area contributed by atoms with Crippen LogP contribution in [0.1, 0.15) is 23.4 Å². The zero-order valence-corrected chi connectivity index (χ0v) is 16.7. The molecule has 6 nitrogen and oxygen atoms in total. The number of aliphatic imine (C=N–C) groups is 1. The lowest BCUT2D eigenvalue weighted by molar-refractivity contribution is 0.555. The van der Waals surface area contributed by atoms with Crippen molar-refractivity contribution in [2.24, 2.45) is 12.0 Å². The van der Waals surface area contributed by atoms with Crippen LogP contribution in [-0.4, -0.2) is 33.9 Å².